The van der Waals surface area contributed by atoms with Crippen molar-refractivity contribution in [3.8, 4) is 0 Å². The Morgan fingerprint density at radius 3 is 2.88 bits per heavy atom. The monoisotopic (exact) mass is 307 g/mol. The molecule has 1 rings (SSSR count). The number of nitrogens with zero attached hydrogens (tertiary/aromatic N) is 2. The Morgan fingerprint density at radius 2 is 2.31 bits per heavy atom. The minimum absolute atomic E-state index is 0.133. The van der Waals surface area contributed by atoms with Crippen LogP contribution in [0.2, 0.25) is 5.28 Å². The molecule has 0 aromatic carbocycles. The molecule has 0 saturated carbocycles. The first-order valence-corrected chi connectivity index (χ1v) is 6.25. The summed E-state index contributed by atoms with van der Waals surface area (Å²) in [5.74, 6) is 0.651. The van der Waals surface area contributed by atoms with E-state index >= 15 is 0 Å². The minimum Gasteiger partial charge on any atom is -0.396 e. The van der Waals surface area contributed by atoms with E-state index in [0.717, 1.165) is 10.9 Å². The standard InChI is InChI=1S/C10H15BrClN3O/c1-3-10(2,4-5-16)15-8-7(11)6-13-9(12)14-8/h6,16H,3-5H2,1-2H3,(H,13,14,15). The lowest BCUT2D eigenvalue weighted by Gasteiger charge is -2.29. The first kappa shape index (κ1) is 13.7. The van der Waals surface area contributed by atoms with E-state index in [1.807, 2.05) is 6.92 Å². The van der Waals surface area contributed by atoms with E-state index in [1.54, 1.807) is 6.20 Å². The Bertz CT molecular complexity index is 364. The second-order valence-electron chi connectivity index (χ2n) is 3.85. The molecule has 0 radical (unpaired) electrons. The summed E-state index contributed by atoms with van der Waals surface area (Å²) in [6.07, 6.45) is 3.13. The minimum atomic E-state index is -0.199. The predicted octanol–water partition coefficient (Wildman–Crippen LogP) is 2.86. The van der Waals surface area contributed by atoms with Crippen LogP contribution in [0.15, 0.2) is 10.7 Å². The van der Waals surface area contributed by atoms with Crippen LogP contribution >= 0.6 is 27.5 Å². The van der Waals surface area contributed by atoms with Crippen molar-refractivity contribution in [1.29, 1.82) is 0 Å². The average molecular weight is 309 g/mol. The fourth-order valence-electron chi connectivity index (χ4n) is 1.29. The molecule has 1 heterocycles. The van der Waals surface area contributed by atoms with Crippen LogP contribution in [0.4, 0.5) is 5.82 Å². The summed E-state index contributed by atoms with van der Waals surface area (Å²) in [4.78, 5) is 7.96. The van der Waals surface area contributed by atoms with Gasteiger partial charge >= 0.3 is 0 Å². The number of aromatic nitrogens is 2. The number of halogens is 2. The van der Waals surface area contributed by atoms with Crippen LogP contribution in [0, 0.1) is 0 Å². The fraction of sp³-hybridized carbons (Fsp3) is 0.600. The van der Waals surface area contributed by atoms with Gasteiger partial charge in [-0.15, -0.1) is 0 Å². The molecule has 2 N–H and O–H groups in total. The molecule has 0 aliphatic rings. The van der Waals surface area contributed by atoms with E-state index in [1.165, 1.54) is 0 Å². The number of aliphatic hydroxyl groups excluding tert-OH is 1. The Labute approximate surface area is 109 Å². The molecule has 0 bridgehead atoms. The second-order valence-corrected chi connectivity index (χ2v) is 5.04. The van der Waals surface area contributed by atoms with Gasteiger partial charge in [0.1, 0.15) is 5.82 Å². The summed E-state index contributed by atoms with van der Waals surface area (Å²) in [5, 5.41) is 12.5. The fourth-order valence-corrected chi connectivity index (χ4v) is 1.72. The SMILES string of the molecule is CCC(C)(CCO)Nc1nc(Cl)ncc1Br. The van der Waals surface area contributed by atoms with Gasteiger partial charge in [0.05, 0.1) is 4.47 Å². The zero-order valence-corrected chi connectivity index (χ0v) is 11.6. The molecular formula is C10H15BrClN3O. The molecule has 1 aromatic rings. The highest BCUT2D eigenvalue weighted by Crippen LogP contribution is 2.26. The summed E-state index contributed by atoms with van der Waals surface area (Å²) in [6.45, 7) is 4.22. The average Bonchev–Trinajstić information content (AvgIpc) is 2.24. The van der Waals surface area contributed by atoms with Crippen molar-refractivity contribution in [3.05, 3.63) is 16.0 Å². The lowest BCUT2D eigenvalue weighted by Crippen LogP contribution is -2.35. The third-order valence-electron chi connectivity index (χ3n) is 2.58. The van der Waals surface area contributed by atoms with Crippen molar-refractivity contribution in [2.24, 2.45) is 0 Å². The summed E-state index contributed by atoms with van der Waals surface area (Å²) in [7, 11) is 0. The highest BCUT2D eigenvalue weighted by Gasteiger charge is 2.22. The second kappa shape index (κ2) is 5.80. The molecule has 4 nitrogen and oxygen atoms in total. The van der Waals surface area contributed by atoms with Gasteiger partial charge in [0, 0.05) is 18.3 Å². The molecule has 1 aromatic heterocycles. The lowest BCUT2D eigenvalue weighted by molar-refractivity contribution is 0.251. The number of aliphatic hydroxyl groups is 1. The normalized spacial score (nSPS) is 14.6. The zero-order valence-electron chi connectivity index (χ0n) is 9.30. The Hall–Kier alpha value is -0.390. The van der Waals surface area contributed by atoms with E-state index in [4.69, 9.17) is 16.7 Å². The Balaban J connectivity index is 2.89. The van der Waals surface area contributed by atoms with Crippen LogP contribution in [-0.2, 0) is 0 Å². The lowest BCUT2D eigenvalue weighted by atomic mass is 9.95. The molecular weight excluding hydrogens is 293 g/mol. The largest absolute Gasteiger partial charge is 0.396 e. The maximum absolute atomic E-state index is 9.02. The summed E-state index contributed by atoms with van der Waals surface area (Å²) in [6, 6.07) is 0. The van der Waals surface area contributed by atoms with E-state index < -0.39 is 0 Å². The molecule has 0 aliphatic heterocycles. The zero-order chi connectivity index (χ0) is 12.2. The molecule has 0 aliphatic carbocycles. The van der Waals surface area contributed by atoms with E-state index in [2.05, 4.69) is 38.1 Å². The van der Waals surface area contributed by atoms with Gasteiger partial charge in [-0.2, -0.15) is 4.98 Å². The highest BCUT2D eigenvalue weighted by atomic mass is 79.9. The Morgan fingerprint density at radius 1 is 1.62 bits per heavy atom. The number of hydrogen-bond donors (Lipinski definition) is 2. The van der Waals surface area contributed by atoms with Gasteiger partial charge in [-0.3, -0.25) is 0 Å². The first-order chi connectivity index (χ1) is 7.50. The van der Waals surface area contributed by atoms with E-state index in [-0.39, 0.29) is 17.4 Å². The van der Waals surface area contributed by atoms with Crippen LogP contribution < -0.4 is 5.32 Å². The molecule has 16 heavy (non-hydrogen) atoms. The van der Waals surface area contributed by atoms with Gasteiger partial charge in [-0.1, -0.05) is 6.92 Å². The third-order valence-corrected chi connectivity index (χ3v) is 3.34. The molecule has 0 spiro atoms. The molecule has 1 unspecified atom stereocenters. The number of nitrogens with one attached hydrogen (secondary N) is 1. The van der Waals surface area contributed by atoms with Crippen molar-refractivity contribution >= 4 is 33.3 Å². The van der Waals surface area contributed by atoms with Gasteiger partial charge in [-0.05, 0) is 47.3 Å². The van der Waals surface area contributed by atoms with Crippen LogP contribution in [-0.4, -0.2) is 27.2 Å². The Kier molecular flexibility index (Phi) is 4.95. The van der Waals surface area contributed by atoms with Crippen molar-refractivity contribution in [2.75, 3.05) is 11.9 Å². The van der Waals surface area contributed by atoms with Gasteiger partial charge < -0.3 is 10.4 Å². The van der Waals surface area contributed by atoms with E-state index in [9.17, 15) is 0 Å². The van der Waals surface area contributed by atoms with Gasteiger partial charge in [0.25, 0.3) is 0 Å². The van der Waals surface area contributed by atoms with Gasteiger partial charge in [0.15, 0.2) is 0 Å². The third kappa shape index (κ3) is 3.57. The predicted molar refractivity (Wildman–Crippen MR) is 68.8 cm³/mol. The quantitative estimate of drug-likeness (QED) is 0.821. The van der Waals surface area contributed by atoms with Gasteiger partial charge in [0.2, 0.25) is 5.28 Å². The molecule has 6 heteroatoms. The van der Waals surface area contributed by atoms with Crippen LogP contribution in [0.3, 0.4) is 0 Å². The highest BCUT2D eigenvalue weighted by molar-refractivity contribution is 9.10. The first-order valence-electron chi connectivity index (χ1n) is 5.08. The number of hydrogen-bond acceptors (Lipinski definition) is 4. The molecule has 0 fully saturated rings. The summed E-state index contributed by atoms with van der Waals surface area (Å²) in [5.41, 5.74) is -0.199. The van der Waals surface area contributed by atoms with Crippen molar-refractivity contribution in [1.82, 2.24) is 9.97 Å². The number of rotatable bonds is 5. The van der Waals surface area contributed by atoms with Crippen LogP contribution in [0.1, 0.15) is 26.7 Å². The molecule has 1 atom stereocenters. The summed E-state index contributed by atoms with van der Waals surface area (Å²) >= 11 is 9.09. The van der Waals surface area contributed by atoms with Crippen molar-refractivity contribution in [3.63, 3.8) is 0 Å². The van der Waals surface area contributed by atoms with Crippen molar-refractivity contribution in [2.45, 2.75) is 32.2 Å². The summed E-state index contributed by atoms with van der Waals surface area (Å²) < 4.78 is 0.759. The number of anilines is 1. The van der Waals surface area contributed by atoms with Crippen molar-refractivity contribution < 1.29 is 5.11 Å². The molecule has 0 saturated heterocycles. The molecule has 90 valence electrons. The maximum Gasteiger partial charge on any atom is 0.224 e. The van der Waals surface area contributed by atoms with Gasteiger partial charge in [-0.25, -0.2) is 4.98 Å². The van der Waals surface area contributed by atoms with E-state index in [0.29, 0.717) is 12.2 Å². The van der Waals surface area contributed by atoms with Crippen LogP contribution in [0.5, 0.6) is 0 Å². The smallest absolute Gasteiger partial charge is 0.224 e. The topological polar surface area (TPSA) is 58.0 Å². The van der Waals surface area contributed by atoms with Crippen LogP contribution in [0.25, 0.3) is 0 Å². The maximum atomic E-state index is 9.02. The molecule has 0 amide bonds.